The number of halogens is 1. The molecule has 100 valence electrons. The van der Waals surface area contributed by atoms with E-state index in [9.17, 15) is 0 Å². The molecule has 0 unspecified atom stereocenters. The molecule has 0 spiro atoms. The predicted octanol–water partition coefficient (Wildman–Crippen LogP) is 3.76. The summed E-state index contributed by atoms with van der Waals surface area (Å²) >= 11 is 3.59. The molecule has 19 heavy (non-hydrogen) atoms. The lowest BCUT2D eigenvalue weighted by atomic mass is 10.1. The van der Waals surface area contributed by atoms with Gasteiger partial charge < -0.3 is 10.6 Å². The van der Waals surface area contributed by atoms with Gasteiger partial charge in [-0.15, -0.1) is 0 Å². The van der Waals surface area contributed by atoms with Crippen LogP contribution in [0.3, 0.4) is 0 Å². The van der Waals surface area contributed by atoms with E-state index in [2.05, 4.69) is 38.8 Å². The number of nitrogen functional groups attached to an aromatic ring is 1. The van der Waals surface area contributed by atoms with Crippen molar-refractivity contribution in [1.29, 1.82) is 0 Å². The summed E-state index contributed by atoms with van der Waals surface area (Å²) in [6.45, 7) is 5.87. The number of nitrogens with two attached hydrogens (primary N) is 1. The summed E-state index contributed by atoms with van der Waals surface area (Å²) < 4.78 is 1.02. The van der Waals surface area contributed by atoms with Crippen LogP contribution in [0.1, 0.15) is 18.2 Å². The quantitative estimate of drug-likeness (QED) is 0.872. The Bertz CT molecular complexity index is 555. The molecule has 4 heteroatoms. The summed E-state index contributed by atoms with van der Waals surface area (Å²) in [7, 11) is 0. The van der Waals surface area contributed by atoms with Gasteiger partial charge in [-0.1, -0.05) is 6.07 Å². The second kappa shape index (κ2) is 6.06. The minimum Gasteiger partial charge on any atom is -0.398 e. The van der Waals surface area contributed by atoms with Gasteiger partial charge in [0.05, 0.1) is 17.9 Å². The van der Waals surface area contributed by atoms with Gasteiger partial charge in [0.2, 0.25) is 0 Å². The monoisotopic (exact) mass is 319 g/mol. The van der Waals surface area contributed by atoms with Crippen LogP contribution >= 0.6 is 15.9 Å². The van der Waals surface area contributed by atoms with Crippen molar-refractivity contribution in [3.8, 4) is 0 Å². The van der Waals surface area contributed by atoms with E-state index in [1.54, 1.807) is 0 Å². The van der Waals surface area contributed by atoms with Crippen molar-refractivity contribution in [3.63, 3.8) is 0 Å². The maximum Gasteiger partial charge on any atom is 0.0602 e. The van der Waals surface area contributed by atoms with Crippen molar-refractivity contribution in [2.75, 3.05) is 17.2 Å². The summed E-state index contributed by atoms with van der Waals surface area (Å²) in [5.41, 5.74) is 10.0. The van der Waals surface area contributed by atoms with Crippen LogP contribution in [0, 0.1) is 6.92 Å². The molecule has 3 nitrogen and oxygen atoms in total. The standard InChI is InChI=1S/C15H18BrN3/c1-3-19(10-12-6-4-5-7-18-12)15-8-11(2)14(17)9-13(15)16/h4-9H,3,10,17H2,1-2H3. The molecule has 1 heterocycles. The highest BCUT2D eigenvalue weighted by Gasteiger charge is 2.11. The molecule has 1 aromatic heterocycles. The fraction of sp³-hybridized carbons (Fsp3) is 0.267. The highest BCUT2D eigenvalue weighted by molar-refractivity contribution is 9.10. The Kier molecular flexibility index (Phi) is 4.43. The zero-order chi connectivity index (χ0) is 13.8. The third-order valence-corrected chi connectivity index (χ3v) is 3.77. The van der Waals surface area contributed by atoms with E-state index in [1.807, 2.05) is 37.4 Å². The number of anilines is 2. The largest absolute Gasteiger partial charge is 0.398 e. The van der Waals surface area contributed by atoms with Gasteiger partial charge in [-0.2, -0.15) is 0 Å². The smallest absolute Gasteiger partial charge is 0.0602 e. The summed E-state index contributed by atoms with van der Waals surface area (Å²) in [6, 6.07) is 10.1. The Morgan fingerprint density at radius 3 is 2.74 bits per heavy atom. The molecule has 0 amide bonds. The lowest BCUT2D eigenvalue weighted by molar-refractivity contribution is 0.807. The second-order valence-corrected chi connectivity index (χ2v) is 5.35. The lowest BCUT2D eigenvalue weighted by Crippen LogP contribution is -2.23. The molecule has 2 rings (SSSR count). The van der Waals surface area contributed by atoms with Crippen molar-refractivity contribution < 1.29 is 0 Å². The van der Waals surface area contributed by atoms with Gasteiger partial charge in [0.15, 0.2) is 0 Å². The number of nitrogens with zero attached hydrogens (tertiary/aromatic N) is 2. The molecule has 0 saturated carbocycles. The molecular formula is C15H18BrN3. The second-order valence-electron chi connectivity index (χ2n) is 4.50. The Morgan fingerprint density at radius 2 is 2.11 bits per heavy atom. The van der Waals surface area contributed by atoms with Gasteiger partial charge in [-0.25, -0.2) is 0 Å². The number of hydrogen-bond donors (Lipinski definition) is 1. The molecule has 0 aliphatic carbocycles. The molecule has 0 atom stereocenters. The number of aromatic nitrogens is 1. The molecular weight excluding hydrogens is 302 g/mol. The molecule has 0 fully saturated rings. The van der Waals surface area contributed by atoms with E-state index in [4.69, 9.17) is 5.73 Å². The number of pyridine rings is 1. The SMILES string of the molecule is CCN(Cc1ccccn1)c1cc(C)c(N)cc1Br. The van der Waals surface area contributed by atoms with E-state index < -0.39 is 0 Å². The van der Waals surface area contributed by atoms with E-state index in [1.165, 1.54) is 0 Å². The maximum atomic E-state index is 5.92. The van der Waals surface area contributed by atoms with E-state index in [0.29, 0.717) is 0 Å². The Balaban J connectivity index is 2.30. The third-order valence-electron chi connectivity index (χ3n) is 3.14. The number of rotatable bonds is 4. The van der Waals surface area contributed by atoms with E-state index in [0.717, 1.165) is 40.2 Å². The van der Waals surface area contributed by atoms with Crippen LogP contribution < -0.4 is 10.6 Å². The average molecular weight is 320 g/mol. The minimum atomic E-state index is 0.791. The van der Waals surface area contributed by atoms with Gasteiger partial charge in [0.25, 0.3) is 0 Å². The third kappa shape index (κ3) is 3.26. The first-order chi connectivity index (χ1) is 9.11. The minimum absolute atomic E-state index is 0.791. The molecule has 0 aliphatic rings. The Hall–Kier alpha value is -1.55. The van der Waals surface area contributed by atoms with Gasteiger partial charge >= 0.3 is 0 Å². The van der Waals surface area contributed by atoms with Crippen molar-refractivity contribution in [3.05, 3.63) is 52.3 Å². The summed E-state index contributed by atoms with van der Waals surface area (Å²) in [6.07, 6.45) is 1.83. The first-order valence-corrected chi connectivity index (χ1v) is 7.11. The number of hydrogen-bond acceptors (Lipinski definition) is 3. The summed E-state index contributed by atoms with van der Waals surface area (Å²) in [4.78, 5) is 6.66. The van der Waals surface area contributed by atoms with Crippen LogP contribution in [0.25, 0.3) is 0 Å². The van der Waals surface area contributed by atoms with E-state index >= 15 is 0 Å². The highest BCUT2D eigenvalue weighted by Crippen LogP contribution is 2.31. The molecule has 0 aliphatic heterocycles. The van der Waals surface area contributed by atoms with Crippen molar-refractivity contribution in [2.24, 2.45) is 0 Å². The summed E-state index contributed by atoms with van der Waals surface area (Å²) in [5.74, 6) is 0. The van der Waals surface area contributed by atoms with Crippen LogP contribution in [-0.2, 0) is 6.54 Å². The van der Waals surface area contributed by atoms with Crippen molar-refractivity contribution in [1.82, 2.24) is 4.98 Å². The van der Waals surface area contributed by atoms with Crippen molar-refractivity contribution in [2.45, 2.75) is 20.4 Å². The van der Waals surface area contributed by atoms with Gasteiger partial charge in [-0.05, 0) is 59.6 Å². The molecule has 2 aromatic rings. The zero-order valence-corrected chi connectivity index (χ0v) is 12.8. The van der Waals surface area contributed by atoms with Crippen LogP contribution in [0.5, 0.6) is 0 Å². The summed E-state index contributed by atoms with van der Waals surface area (Å²) in [5, 5.41) is 0. The Labute approximate surface area is 122 Å². The molecule has 1 aromatic carbocycles. The predicted molar refractivity (Wildman–Crippen MR) is 84.3 cm³/mol. The number of benzene rings is 1. The number of aryl methyl sites for hydroxylation is 1. The van der Waals surface area contributed by atoms with Gasteiger partial charge in [-0.3, -0.25) is 4.98 Å². The van der Waals surface area contributed by atoms with Gasteiger partial charge in [0.1, 0.15) is 0 Å². The topological polar surface area (TPSA) is 42.2 Å². The first kappa shape index (κ1) is 13.9. The van der Waals surface area contributed by atoms with Crippen LogP contribution in [0.15, 0.2) is 41.0 Å². The van der Waals surface area contributed by atoms with Crippen LogP contribution in [0.2, 0.25) is 0 Å². The van der Waals surface area contributed by atoms with Crippen LogP contribution in [0.4, 0.5) is 11.4 Å². The normalized spacial score (nSPS) is 10.5. The molecule has 0 radical (unpaired) electrons. The molecule has 2 N–H and O–H groups in total. The highest BCUT2D eigenvalue weighted by atomic mass is 79.9. The van der Waals surface area contributed by atoms with E-state index in [-0.39, 0.29) is 0 Å². The van der Waals surface area contributed by atoms with Crippen molar-refractivity contribution >= 4 is 27.3 Å². The average Bonchev–Trinajstić information content (AvgIpc) is 2.42. The fourth-order valence-electron chi connectivity index (χ4n) is 1.98. The van der Waals surface area contributed by atoms with Gasteiger partial charge in [0, 0.05) is 22.9 Å². The first-order valence-electron chi connectivity index (χ1n) is 6.32. The lowest BCUT2D eigenvalue weighted by Gasteiger charge is -2.25. The zero-order valence-electron chi connectivity index (χ0n) is 11.2. The molecule has 0 bridgehead atoms. The Morgan fingerprint density at radius 1 is 1.32 bits per heavy atom. The maximum absolute atomic E-state index is 5.92. The fourth-order valence-corrected chi connectivity index (χ4v) is 2.59. The van der Waals surface area contributed by atoms with Crippen LogP contribution in [-0.4, -0.2) is 11.5 Å². The molecule has 0 saturated heterocycles.